The molecule has 1 saturated heterocycles. The highest BCUT2D eigenvalue weighted by atomic mass is 35.5. The van der Waals surface area contributed by atoms with Crippen molar-refractivity contribution in [3.05, 3.63) is 58.9 Å². The number of nitrogens with two attached hydrogens (primary N) is 1. The molecule has 8 nitrogen and oxygen atoms in total. The maximum Gasteiger partial charge on any atom is 0.490 e. The Bertz CT molecular complexity index is 1050. The van der Waals surface area contributed by atoms with E-state index in [1.54, 1.807) is 12.1 Å². The van der Waals surface area contributed by atoms with Crippen molar-refractivity contribution in [1.82, 2.24) is 4.90 Å². The predicted molar refractivity (Wildman–Crippen MR) is 126 cm³/mol. The summed E-state index contributed by atoms with van der Waals surface area (Å²) >= 11 is 5.90. The average Bonchev–Trinajstić information content (AvgIpc) is 3.13. The number of alkyl halides is 3. The van der Waals surface area contributed by atoms with E-state index < -0.39 is 30.0 Å². The van der Waals surface area contributed by atoms with Crippen molar-refractivity contribution in [3.8, 4) is 11.5 Å². The number of carbonyl (C=O) groups excluding carboxylic acids is 1. The molecule has 4 N–H and O–H groups in total. The van der Waals surface area contributed by atoms with Gasteiger partial charge in [-0.05, 0) is 37.3 Å². The van der Waals surface area contributed by atoms with Crippen LogP contribution in [0, 0.1) is 5.82 Å². The second-order valence-electron chi connectivity index (χ2n) is 8.40. The van der Waals surface area contributed by atoms with Crippen LogP contribution in [0.15, 0.2) is 42.5 Å². The third kappa shape index (κ3) is 10.4. The molecule has 0 radical (unpaired) electrons. The van der Waals surface area contributed by atoms with Crippen LogP contribution in [-0.2, 0) is 16.0 Å². The molecule has 0 aliphatic carbocycles. The molecule has 0 aromatic heterocycles. The summed E-state index contributed by atoms with van der Waals surface area (Å²) in [5.74, 6) is -2.80. The Labute approximate surface area is 215 Å². The fraction of sp³-hybridized carbons (Fsp3) is 0.417. The minimum absolute atomic E-state index is 0.0136. The monoisotopic (exact) mass is 550 g/mol. The highest BCUT2D eigenvalue weighted by Crippen LogP contribution is 2.25. The lowest BCUT2D eigenvalue weighted by molar-refractivity contribution is -0.192. The number of nitrogens with zero attached hydrogens (tertiary/aromatic N) is 1. The Balaban J connectivity index is 0.000000604. The first kappa shape index (κ1) is 30.1. The van der Waals surface area contributed by atoms with Crippen LogP contribution in [-0.4, -0.2) is 71.1 Å². The smallest absolute Gasteiger partial charge is 0.490 e. The third-order valence-electron chi connectivity index (χ3n) is 5.29. The van der Waals surface area contributed by atoms with Crippen LogP contribution in [0.3, 0.4) is 0 Å². The number of aliphatic hydroxyl groups is 1. The van der Waals surface area contributed by atoms with Gasteiger partial charge in [-0.3, -0.25) is 9.69 Å². The molecule has 204 valence electrons. The predicted octanol–water partition coefficient (Wildman–Crippen LogP) is 3.42. The molecule has 0 bridgehead atoms. The van der Waals surface area contributed by atoms with E-state index in [1.165, 1.54) is 18.2 Å². The van der Waals surface area contributed by atoms with Gasteiger partial charge in [0.25, 0.3) is 0 Å². The number of likely N-dealkylation sites (tertiary alicyclic amines) is 1. The average molecular weight is 551 g/mol. The lowest BCUT2D eigenvalue weighted by Crippen LogP contribution is -2.38. The van der Waals surface area contributed by atoms with Crippen LogP contribution >= 0.6 is 11.6 Å². The number of hydrogen-bond donors (Lipinski definition) is 3. The molecule has 0 saturated carbocycles. The fourth-order valence-corrected chi connectivity index (χ4v) is 3.72. The van der Waals surface area contributed by atoms with E-state index in [1.807, 2.05) is 12.1 Å². The summed E-state index contributed by atoms with van der Waals surface area (Å²) < 4.78 is 56.9. The standard InChI is InChI=1S/C22H26ClFN2O4.C2HF3O2/c1-14-8-20(30-19-6-3-16(23)4-7-19)12-26(14)11-18(27)13-29-21-10-17(24)5-2-15(21)9-22(25)28;3-2(4,5)1(6)7/h2-7,10,14,18,20,27H,8-9,11-13H2,1H3,(H2,25,28);(H,6,7)/t14-,18-,20-;/m0./s1. The fourth-order valence-electron chi connectivity index (χ4n) is 3.60. The molecular formula is C24H27ClF4N2O6. The number of rotatable bonds is 9. The van der Waals surface area contributed by atoms with Gasteiger partial charge in [0.05, 0.1) is 6.42 Å². The number of carboxylic acids is 1. The molecule has 3 atom stereocenters. The van der Waals surface area contributed by atoms with E-state index in [4.69, 9.17) is 36.7 Å². The highest BCUT2D eigenvalue weighted by Gasteiger charge is 2.38. The van der Waals surface area contributed by atoms with Crippen molar-refractivity contribution in [2.45, 2.75) is 44.2 Å². The molecule has 1 heterocycles. The molecular weight excluding hydrogens is 524 g/mol. The van der Waals surface area contributed by atoms with Crippen LogP contribution in [0.25, 0.3) is 0 Å². The second-order valence-corrected chi connectivity index (χ2v) is 8.83. The minimum atomic E-state index is -5.08. The summed E-state index contributed by atoms with van der Waals surface area (Å²) in [4.78, 5) is 22.2. The minimum Gasteiger partial charge on any atom is -0.490 e. The van der Waals surface area contributed by atoms with E-state index in [0.29, 0.717) is 23.7 Å². The van der Waals surface area contributed by atoms with Gasteiger partial charge in [-0.1, -0.05) is 17.7 Å². The zero-order valence-electron chi connectivity index (χ0n) is 19.8. The number of primary amides is 1. The number of aliphatic carboxylic acids is 1. The van der Waals surface area contributed by atoms with Crippen molar-refractivity contribution >= 4 is 23.5 Å². The van der Waals surface area contributed by atoms with Crippen LogP contribution in [0.5, 0.6) is 11.5 Å². The molecule has 37 heavy (non-hydrogen) atoms. The Morgan fingerprint density at radius 3 is 2.41 bits per heavy atom. The molecule has 2 aromatic carbocycles. The van der Waals surface area contributed by atoms with Gasteiger partial charge in [0, 0.05) is 42.2 Å². The van der Waals surface area contributed by atoms with Gasteiger partial charge in [0.15, 0.2) is 0 Å². The summed E-state index contributed by atoms with van der Waals surface area (Å²) in [7, 11) is 0. The van der Waals surface area contributed by atoms with Gasteiger partial charge in [-0.15, -0.1) is 0 Å². The SMILES string of the molecule is C[C@H]1C[C@H](Oc2ccc(Cl)cc2)CN1C[C@H](O)COc1cc(F)ccc1CC(N)=O.O=C(O)C(F)(F)F. The maximum atomic E-state index is 13.5. The third-order valence-corrected chi connectivity index (χ3v) is 5.55. The second kappa shape index (κ2) is 13.5. The van der Waals surface area contributed by atoms with Gasteiger partial charge in [-0.25, -0.2) is 9.18 Å². The maximum absolute atomic E-state index is 13.5. The summed E-state index contributed by atoms with van der Waals surface area (Å²) in [5.41, 5.74) is 5.71. The van der Waals surface area contributed by atoms with E-state index in [-0.39, 0.29) is 30.9 Å². The molecule has 1 aliphatic rings. The Hall–Kier alpha value is -3.09. The van der Waals surface area contributed by atoms with E-state index in [2.05, 4.69) is 11.8 Å². The number of amides is 1. The molecule has 13 heteroatoms. The summed E-state index contributed by atoms with van der Waals surface area (Å²) in [6, 6.07) is 11.4. The quantitative estimate of drug-likeness (QED) is 0.409. The largest absolute Gasteiger partial charge is 0.490 e. The Kier molecular flexibility index (Phi) is 11.0. The van der Waals surface area contributed by atoms with Gasteiger partial charge < -0.3 is 25.4 Å². The Morgan fingerprint density at radius 2 is 1.84 bits per heavy atom. The molecule has 0 unspecified atom stereocenters. The van der Waals surface area contributed by atoms with Crippen molar-refractivity contribution in [1.29, 1.82) is 0 Å². The highest BCUT2D eigenvalue weighted by molar-refractivity contribution is 6.30. The van der Waals surface area contributed by atoms with Crippen LogP contribution in [0.1, 0.15) is 18.9 Å². The van der Waals surface area contributed by atoms with Gasteiger partial charge in [0.1, 0.15) is 36.1 Å². The number of hydrogen-bond acceptors (Lipinski definition) is 6. The number of benzene rings is 2. The zero-order valence-corrected chi connectivity index (χ0v) is 20.5. The number of carboxylic acid groups (broad SMARTS) is 1. The summed E-state index contributed by atoms with van der Waals surface area (Å²) in [6.45, 7) is 3.12. The lowest BCUT2D eigenvalue weighted by Gasteiger charge is -2.24. The van der Waals surface area contributed by atoms with E-state index in [0.717, 1.165) is 12.2 Å². The van der Waals surface area contributed by atoms with Crippen molar-refractivity contribution in [2.75, 3.05) is 19.7 Å². The number of halogens is 5. The van der Waals surface area contributed by atoms with E-state index >= 15 is 0 Å². The van der Waals surface area contributed by atoms with Gasteiger partial charge >= 0.3 is 12.1 Å². The molecule has 1 amide bonds. The van der Waals surface area contributed by atoms with Gasteiger partial charge in [0.2, 0.25) is 5.91 Å². The molecule has 1 fully saturated rings. The van der Waals surface area contributed by atoms with Crippen LogP contribution in [0.4, 0.5) is 17.6 Å². The zero-order chi connectivity index (χ0) is 27.8. The van der Waals surface area contributed by atoms with Crippen molar-refractivity contribution < 1.29 is 46.8 Å². The lowest BCUT2D eigenvalue weighted by atomic mass is 10.1. The molecule has 2 aromatic rings. The first-order chi connectivity index (χ1) is 17.2. The molecule has 0 spiro atoms. The van der Waals surface area contributed by atoms with Crippen LogP contribution < -0.4 is 15.2 Å². The number of ether oxygens (including phenoxy) is 2. The van der Waals surface area contributed by atoms with Crippen molar-refractivity contribution in [3.63, 3.8) is 0 Å². The summed E-state index contributed by atoms with van der Waals surface area (Å²) in [5, 5.41) is 18.2. The number of aliphatic hydroxyl groups excluding tert-OH is 1. The van der Waals surface area contributed by atoms with E-state index in [9.17, 15) is 27.5 Å². The molecule has 1 aliphatic heterocycles. The summed E-state index contributed by atoms with van der Waals surface area (Å²) in [6.07, 6.45) is -5.08. The normalized spacial score (nSPS) is 18.5. The first-order valence-corrected chi connectivity index (χ1v) is 11.5. The number of carbonyl (C=O) groups is 2. The van der Waals surface area contributed by atoms with Crippen LogP contribution in [0.2, 0.25) is 5.02 Å². The van der Waals surface area contributed by atoms with Crippen molar-refractivity contribution in [2.24, 2.45) is 5.73 Å². The topological polar surface area (TPSA) is 122 Å². The Morgan fingerprint density at radius 1 is 1.22 bits per heavy atom. The molecule has 3 rings (SSSR count). The first-order valence-electron chi connectivity index (χ1n) is 11.1. The number of β-amino-alcohol motifs (C(OH)–C–C–N with tert-alkyl or cyclic N) is 1. The van der Waals surface area contributed by atoms with Gasteiger partial charge in [-0.2, -0.15) is 13.2 Å².